The first-order chi connectivity index (χ1) is 5.91. The Labute approximate surface area is 81.0 Å². The van der Waals surface area contributed by atoms with Crippen LogP contribution in [0.2, 0.25) is 0 Å². The van der Waals surface area contributed by atoms with E-state index in [1.807, 2.05) is 7.05 Å². The first-order valence-corrected chi connectivity index (χ1v) is 6.63. The summed E-state index contributed by atoms with van der Waals surface area (Å²) in [5.41, 5.74) is 0. The van der Waals surface area contributed by atoms with Crippen LogP contribution in [-0.4, -0.2) is 44.5 Å². The summed E-state index contributed by atoms with van der Waals surface area (Å²) in [6.07, 6.45) is 0.982. The molecule has 0 spiro atoms. The molecule has 4 heteroatoms. The maximum atomic E-state index is 11.4. The van der Waals surface area contributed by atoms with Gasteiger partial charge in [-0.25, -0.2) is 8.42 Å². The predicted octanol–water partition coefficient (Wildman–Crippen LogP) is 0.761. The SMILES string of the molecule is CC(C)CC1CS(=O)(=O)CCN1C. The quantitative estimate of drug-likeness (QED) is 0.668. The van der Waals surface area contributed by atoms with Gasteiger partial charge >= 0.3 is 0 Å². The van der Waals surface area contributed by atoms with E-state index < -0.39 is 9.84 Å². The molecule has 0 amide bonds. The highest BCUT2D eigenvalue weighted by Crippen LogP contribution is 2.16. The van der Waals surface area contributed by atoms with Crippen LogP contribution in [0.1, 0.15) is 20.3 Å². The standard InChI is InChI=1S/C9H19NO2S/c1-8(2)6-9-7-13(11,12)5-4-10(9)3/h8-9H,4-7H2,1-3H3. The molecule has 1 atom stereocenters. The lowest BCUT2D eigenvalue weighted by molar-refractivity contribution is 0.232. The second-order valence-electron chi connectivity index (χ2n) is 4.38. The van der Waals surface area contributed by atoms with Crippen molar-refractivity contribution in [1.82, 2.24) is 4.90 Å². The topological polar surface area (TPSA) is 37.4 Å². The van der Waals surface area contributed by atoms with E-state index in [9.17, 15) is 8.42 Å². The Morgan fingerprint density at radius 3 is 2.62 bits per heavy atom. The number of hydrogen-bond donors (Lipinski definition) is 0. The molecule has 1 unspecified atom stereocenters. The molecule has 78 valence electrons. The van der Waals surface area contributed by atoms with Crippen molar-refractivity contribution < 1.29 is 8.42 Å². The molecule has 0 aliphatic carbocycles. The molecular formula is C9H19NO2S. The number of nitrogens with zero attached hydrogens (tertiary/aromatic N) is 1. The average molecular weight is 205 g/mol. The molecule has 1 aliphatic rings. The van der Waals surface area contributed by atoms with Crippen molar-refractivity contribution in [1.29, 1.82) is 0 Å². The third-order valence-corrected chi connectivity index (χ3v) is 4.27. The molecule has 0 N–H and O–H groups in total. The van der Waals surface area contributed by atoms with Gasteiger partial charge in [-0.05, 0) is 19.4 Å². The van der Waals surface area contributed by atoms with Crippen molar-refractivity contribution in [2.45, 2.75) is 26.3 Å². The minimum absolute atomic E-state index is 0.235. The van der Waals surface area contributed by atoms with Crippen molar-refractivity contribution in [3.63, 3.8) is 0 Å². The largest absolute Gasteiger partial charge is 0.301 e. The van der Waals surface area contributed by atoms with E-state index >= 15 is 0 Å². The van der Waals surface area contributed by atoms with Gasteiger partial charge in [0.15, 0.2) is 9.84 Å². The zero-order chi connectivity index (χ0) is 10.1. The molecule has 0 radical (unpaired) electrons. The maximum absolute atomic E-state index is 11.4. The Bertz CT molecular complexity index is 259. The molecule has 1 rings (SSSR count). The van der Waals surface area contributed by atoms with E-state index in [2.05, 4.69) is 18.7 Å². The van der Waals surface area contributed by atoms with Gasteiger partial charge in [0, 0.05) is 12.6 Å². The van der Waals surface area contributed by atoms with Crippen molar-refractivity contribution in [2.24, 2.45) is 5.92 Å². The fourth-order valence-electron chi connectivity index (χ4n) is 1.76. The van der Waals surface area contributed by atoms with Crippen LogP contribution in [0.5, 0.6) is 0 Å². The predicted molar refractivity (Wildman–Crippen MR) is 54.5 cm³/mol. The van der Waals surface area contributed by atoms with Gasteiger partial charge < -0.3 is 4.90 Å². The summed E-state index contributed by atoms with van der Waals surface area (Å²) in [7, 11) is -0.737. The summed E-state index contributed by atoms with van der Waals surface area (Å²) in [6, 6.07) is 0.235. The summed E-state index contributed by atoms with van der Waals surface area (Å²) in [5, 5.41) is 0. The van der Waals surface area contributed by atoms with Gasteiger partial charge in [-0.3, -0.25) is 0 Å². The van der Waals surface area contributed by atoms with Gasteiger partial charge in [-0.15, -0.1) is 0 Å². The Balaban J connectivity index is 2.61. The minimum atomic E-state index is -2.75. The van der Waals surface area contributed by atoms with Crippen molar-refractivity contribution in [2.75, 3.05) is 25.1 Å². The van der Waals surface area contributed by atoms with Crippen LogP contribution in [0.3, 0.4) is 0 Å². The zero-order valence-corrected chi connectivity index (χ0v) is 9.47. The molecule has 0 bridgehead atoms. The summed E-state index contributed by atoms with van der Waals surface area (Å²) in [4.78, 5) is 2.17. The highest BCUT2D eigenvalue weighted by atomic mass is 32.2. The first kappa shape index (κ1) is 11.0. The lowest BCUT2D eigenvalue weighted by atomic mass is 10.0. The van der Waals surface area contributed by atoms with Crippen LogP contribution in [0.4, 0.5) is 0 Å². The van der Waals surface area contributed by atoms with Gasteiger partial charge in [0.25, 0.3) is 0 Å². The zero-order valence-electron chi connectivity index (χ0n) is 8.66. The molecule has 0 aromatic heterocycles. The van der Waals surface area contributed by atoms with E-state index in [1.54, 1.807) is 0 Å². The number of hydrogen-bond acceptors (Lipinski definition) is 3. The van der Waals surface area contributed by atoms with Gasteiger partial charge in [-0.1, -0.05) is 13.8 Å². The molecule has 0 aromatic carbocycles. The molecule has 13 heavy (non-hydrogen) atoms. The average Bonchev–Trinajstić information content (AvgIpc) is 1.95. The second-order valence-corrected chi connectivity index (χ2v) is 6.61. The van der Waals surface area contributed by atoms with Crippen LogP contribution in [0.15, 0.2) is 0 Å². The van der Waals surface area contributed by atoms with E-state index in [0.29, 0.717) is 24.0 Å². The highest BCUT2D eigenvalue weighted by Gasteiger charge is 2.28. The monoisotopic (exact) mass is 205 g/mol. The molecule has 1 saturated heterocycles. The molecular weight excluding hydrogens is 186 g/mol. The lowest BCUT2D eigenvalue weighted by Gasteiger charge is -2.33. The third-order valence-electron chi connectivity index (χ3n) is 2.57. The summed E-state index contributed by atoms with van der Waals surface area (Å²) in [5.74, 6) is 1.25. The fraction of sp³-hybridized carbons (Fsp3) is 1.00. The minimum Gasteiger partial charge on any atom is -0.301 e. The smallest absolute Gasteiger partial charge is 0.153 e. The molecule has 1 fully saturated rings. The maximum Gasteiger partial charge on any atom is 0.153 e. The second kappa shape index (κ2) is 3.96. The van der Waals surface area contributed by atoms with Crippen LogP contribution >= 0.6 is 0 Å². The van der Waals surface area contributed by atoms with Crippen LogP contribution in [-0.2, 0) is 9.84 Å². The van der Waals surface area contributed by atoms with Gasteiger partial charge in [0.1, 0.15) is 0 Å². The Morgan fingerprint density at radius 2 is 2.08 bits per heavy atom. The normalized spacial score (nSPS) is 29.4. The van der Waals surface area contributed by atoms with E-state index in [4.69, 9.17) is 0 Å². The molecule has 1 aliphatic heterocycles. The van der Waals surface area contributed by atoms with E-state index in [-0.39, 0.29) is 6.04 Å². The Morgan fingerprint density at radius 1 is 1.46 bits per heavy atom. The molecule has 3 nitrogen and oxygen atoms in total. The van der Waals surface area contributed by atoms with Crippen LogP contribution in [0, 0.1) is 5.92 Å². The lowest BCUT2D eigenvalue weighted by Crippen LogP contribution is -2.46. The number of rotatable bonds is 2. The Kier molecular flexibility index (Phi) is 3.35. The summed E-state index contributed by atoms with van der Waals surface area (Å²) >= 11 is 0. The van der Waals surface area contributed by atoms with Crippen molar-refractivity contribution in [3.8, 4) is 0 Å². The number of sulfone groups is 1. The van der Waals surface area contributed by atoms with Gasteiger partial charge in [0.2, 0.25) is 0 Å². The van der Waals surface area contributed by atoms with Crippen LogP contribution < -0.4 is 0 Å². The van der Waals surface area contributed by atoms with Crippen molar-refractivity contribution >= 4 is 9.84 Å². The first-order valence-electron chi connectivity index (χ1n) is 4.81. The van der Waals surface area contributed by atoms with E-state index in [0.717, 1.165) is 6.42 Å². The summed E-state index contributed by atoms with van der Waals surface area (Å²) < 4.78 is 22.7. The van der Waals surface area contributed by atoms with Gasteiger partial charge in [-0.2, -0.15) is 0 Å². The third kappa shape index (κ3) is 3.27. The highest BCUT2D eigenvalue weighted by molar-refractivity contribution is 7.91. The van der Waals surface area contributed by atoms with E-state index in [1.165, 1.54) is 0 Å². The van der Waals surface area contributed by atoms with Gasteiger partial charge in [0.05, 0.1) is 11.5 Å². The fourth-order valence-corrected chi connectivity index (χ4v) is 3.47. The van der Waals surface area contributed by atoms with Crippen molar-refractivity contribution in [3.05, 3.63) is 0 Å². The van der Waals surface area contributed by atoms with Crippen LogP contribution in [0.25, 0.3) is 0 Å². The molecule has 0 saturated carbocycles. The Hall–Kier alpha value is -0.0900. The molecule has 0 aromatic rings. The molecule has 1 heterocycles. The summed E-state index contributed by atoms with van der Waals surface area (Å²) in [6.45, 7) is 4.96.